The maximum atomic E-state index is 6.18. The summed E-state index contributed by atoms with van der Waals surface area (Å²) in [5.74, 6) is 0.671. The lowest BCUT2D eigenvalue weighted by molar-refractivity contribution is -0.153. The molecule has 0 amide bonds. The lowest BCUT2D eigenvalue weighted by atomic mass is 9.73. The summed E-state index contributed by atoms with van der Waals surface area (Å²) in [4.78, 5) is 2.33. The molecule has 20 heavy (non-hydrogen) atoms. The third kappa shape index (κ3) is 3.19. The average molecular weight is 284 g/mol. The van der Waals surface area contributed by atoms with Gasteiger partial charge >= 0.3 is 0 Å². The molecule has 0 saturated carbocycles. The van der Waals surface area contributed by atoms with Crippen molar-refractivity contribution in [2.45, 2.75) is 56.7 Å². The fourth-order valence-corrected chi connectivity index (χ4v) is 3.89. The second-order valence-electron chi connectivity index (χ2n) is 7.21. The quantitative estimate of drug-likeness (QED) is 0.855. The van der Waals surface area contributed by atoms with Crippen LogP contribution in [0, 0.1) is 5.92 Å². The van der Waals surface area contributed by atoms with Crippen molar-refractivity contribution in [2.24, 2.45) is 5.92 Å². The van der Waals surface area contributed by atoms with Crippen molar-refractivity contribution in [3.8, 4) is 0 Å². The van der Waals surface area contributed by atoms with Crippen molar-refractivity contribution in [3.05, 3.63) is 0 Å². The summed E-state index contributed by atoms with van der Waals surface area (Å²) in [5, 5.41) is 3.59. The maximum absolute atomic E-state index is 6.18. The second kappa shape index (κ2) is 6.30. The van der Waals surface area contributed by atoms with Crippen molar-refractivity contribution >= 4 is 0 Å². The van der Waals surface area contributed by atoms with Gasteiger partial charge in [-0.15, -0.1) is 0 Å². The summed E-state index contributed by atoms with van der Waals surface area (Å²) < 4.78 is 11.7. The van der Waals surface area contributed by atoms with Gasteiger partial charge in [0.25, 0.3) is 0 Å². The fraction of sp³-hybridized carbons (Fsp3) is 1.00. The van der Waals surface area contributed by atoms with E-state index in [9.17, 15) is 0 Å². The third-order valence-electron chi connectivity index (χ3n) is 5.63. The molecule has 4 heteroatoms. The molecule has 2 unspecified atom stereocenters. The Bertz CT molecular complexity index is 306. The summed E-state index contributed by atoms with van der Waals surface area (Å²) in [6.45, 7) is 7.27. The van der Waals surface area contributed by atoms with E-state index < -0.39 is 0 Å². The Balaban J connectivity index is 2.10. The molecule has 2 saturated heterocycles. The van der Waals surface area contributed by atoms with E-state index >= 15 is 0 Å². The molecule has 1 spiro atoms. The van der Waals surface area contributed by atoms with E-state index in [4.69, 9.17) is 9.47 Å². The van der Waals surface area contributed by atoms with Crippen LogP contribution in [0.1, 0.15) is 39.5 Å². The first kappa shape index (κ1) is 16.2. The summed E-state index contributed by atoms with van der Waals surface area (Å²) in [7, 11) is 6.45. The van der Waals surface area contributed by atoms with E-state index in [-0.39, 0.29) is 11.1 Å². The van der Waals surface area contributed by atoms with Gasteiger partial charge in [-0.1, -0.05) is 0 Å². The van der Waals surface area contributed by atoms with E-state index in [1.807, 2.05) is 0 Å². The van der Waals surface area contributed by atoms with Crippen LogP contribution in [-0.4, -0.2) is 63.0 Å². The molecule has 0 aromatic carbocycles. The minimum absolute atomic E-state index is 0.0820. The number of nitrogens with one attached hydrogen (secondary N) is 1. The van der Waals surface area contributed by atoms with Gasteiger partial charge in [-0.25, -0.2) is 0 Å². The molecule has 2 aliphatic heterocycles. The van der Waals surface area contributed by atoms with Gasteiger partial charge in [-0.3, -0.25) is 0 Å². The molecule has 4 nitrogen and oxygen atoms in total. The van der Waals surface area contributed by atoms with Gasteiger partial charge in [0.1, 0.15) is 0 Å². The Morgan fingerprint density at radius 1 is 1.20 bits per heavy atom. The highest BCUT2D eigenvalue weighted by Gasteiger charge is 2.44. The van der Waals surface area contributed by atoms with Gasteiger partial charge in [-0.05, 0) is 66.6 Å². The van der Waals surface area contributed by atoms with Crippen LogP contribution in [0.5, 0.6) is 0 Å². The number of ether oxygens (including phenoxy) is 2. The number of hydrogen-bond acceptors (Lipinski definition) is 4. The molecular weight excluding hydrogens is 252 g/mol. The van der Waals surface area contributed by atoms with Gasteiger partial charge in [0, 0.05) is 31.4 Å². The Kier molecular flexibility index (Phi) is 5.11. The summed E-state index contributed by atoms with van der Waals surface area (Å²) in [5.41, 5.74) is 0.224. The molecule has 0 bridgehead atoms. The van der Waals surface area contributed by atoms with Crippen LogP contribution < -0.4 is 5.32 Å². The first-order chi connectivity index (χ1) is 9.41. The SMILES string of the molecule is CNC(C1CCOC2(CCOCC2)C1)C(C)(C)N(C)C. The Morgan fingerprint density at radius 3 is 2.40 bits per heavy atom. The molecule has 2 atom stereocenters. The Morgan fingerprint density at radius 2 is 1.85 bits per heavy atom. The molecule has 0 radical (unpaired) electrons. The van der Waals surface area contributed by atoms with E-state index in [0.717, 1.165) is 39.1 Å². The molecule has 118 valence electrons. The van der Waals surface area contributed by atoms with Crippen molar-refractivity contribution in [2.75, 3.05) is 41.0 Å². The van der Waals surface area contributed by atoms with Crippen LogP contribution in [0.2, 0.25) is 0 Å². The molecular formula is C16H32N2O2. The summed E-state index contributed by atoms with van der Waals surface area (Å²) in [6.07, 6.45) is 4.44. The van der Waals surface area contributed by atoms with Crippen LogP contribution in [0.25, 0.3) is 0 Å². The highest BCUT2D eigenvalue weighted by molar-refractivity contribution is 5.00. The van der Waals surface area contributed by atoms with E-state index in [2.05, 4.69) is 45.2 Å². The van der Waals surface area contributed by atoms with Gasteiger partial charge in [0.15, 0.2) is 0 Å². The predicted molar refractivity (Wildman–Crippen MR) is 82.1 cm³/mol. The van der Waals surface area contributed by atoms with Crippen LogP contribution in [0.3, 0.4) is 0 Å². The molecule has 2 fully saturated rings. The minimum Gasteiger partial charge on any atom is -0.381 e. The first-order valence-corrected chi connectivity index (χ1v) is 7.98. The standard InChI is InChI=1S/C16H32N2O2/c1-15(2,18(4)5)14(17-3)13-6-9-20-16(12-13)7-10-19-11-8-16/h13-14,17H,6-12H2,1-5H3. The predicted octanol–water partition coefficient (Wildman–Crippen LogP) is 1.89. The zero-order valence-corrected chi connectivity index (χ0v) is 13.9. The molecule has 2 rings (SSSR count). The monoisotopic (exact) mass is 284 g/mol. The zero-order valence-electron chi connectivity index (χ0n) is 13.9. The van der Waals surface area contributed by atoms with Crippen LogP contribution in [0.4, 0.5) is 0 Å². The normalized spacial score (nSPS) is 28.8. The maximum Gasteiger partial charge on any atom is 0.0729 e. The van der Waals surface area contributed by atoms with Crippen molar-refractivity contribution in [1.29, 1.82) is 0 Å². The van der Waals surface area contributed by atoms with Crippen molar-refractivity contribution < 1.29 is 9.47 Å². The largest absolute Gasteiger partial charge is 0.381 e. The van der Waals surface area contributed by atoms with E-state index in [0.29, 0.717) is 12.0 Å². The zero-order chi connectivity index (χ0) is 14.8. The second-order valence-corrected chi connectivity index (χ2v) is 7.21. The number of rotatable bonds is 4. The highest BCUT2D eigenvalue weighted by atomic mass is 16.5. The highest BCUT2D eigenvalue weighted by Crippen LogP contribution is 2.40. The smallest absolute Gasteiger partial charge is 0.0729 e. The van der Waals surface area contributed by atoms with Gasteiger partial charge < -0.3 is 19.7 Å². The molecule has 0 aromatic heterocycles. The van der Waals surface area contributed by atoms with Crippen molar-refractivity contribution in [3.63, 3.8) is 0 Å². The van der Waals surface area contributed by atoms with E-state index in [1.165, 1.54) is 6.42 Å². The molecule has 0 aromatic rings. The molecule has 1 N–H and O–H groups in total. The molecule has 2 heterocycles. The average Bonchev–Trinajstić information content (AvgIpc) is 2.40. The fourth-order valence-electron chi connectivity index (χ4n) is 3.89. The number of likely N-dealkylation sites (N-methyl/N-ethyl adjacent to an activating group) is 2. The van der Waals surface area contributed by atoms with Crippen LogP contribution in [-0.2, 0) is 9.47 Å². The number of nitrogens with zero attached hydrogens (tertiary/aromatic N) is 1. The van der Waals surface area contributed by atoms with E-state index in [1.54, 1.807) is 0 Å². The van der Waals surface area contributed by atoms with Gasteiger partial charge in [-0.2, -0.15) is 0 Å². The Labute approximate surface area is 124 Å². The van der Waals surface area contributed by atoms with Crippen LogP contribution in [0.15, 0.2) is 0 Å². The van der Waals surface area contributed by atoms with Gasteiger partial charge in [0.05, 0.1) is 5.60 Å². The first-order valence-electron chi connectivity index (χ1n) is 7.98. The molecule has 0 aliphatic carbocycles. The summed E-state index contributed by atoms with van der Waals surface area (Å²) in [6, 6.07) is 0.487. The minimum atomic E-state index is 0.0820. The van der Waals surface area contributed by atoms with Crippen molar-refractivity contribution in [1.82, 2.24) is 10.2 Å². The lowest BCUT2D eigenvalue weighted by Crippen LogP contribution is -2.60. The van der Waals surface area contributed by atoms with Crippen LogP contribution >= 0.6 is 0 Å². The Hall–Kier alpha value is -0.160. The van der Waals surface area contributed by atoms with Gasteiger partial charge in [0.2, 0.25) is 0 Å². The molecule has 2 aliphatic rings. The third-order valence-corrected chi connectivity index (χ3v) is 5.63. The summed E-state index contributed by atoms with van der Waals surface area (Å²) >= 11 is 0. The lowest BCUT2D eigenvalue weighted by Gasteiger charge is -2.50. The topological polar surface area (TPSA) is 33.7 Å². The number of hydrogen-bond donors (Lipinski definition) is 1.